The molecule has 1 aliphatic rings. The summed E-state index contributed by atoms with van der Waals surface area (Å²) in [5.41, 5.74) is 2.16. The molecular formula is C29H36F3N9O6S. The number of hydrogen-bond acceptors (Lipinski definition) is 14. The molecule has 19 heteroatoms. The van der Waals surface area contributed by atoms with Crippen molar-refractivity contribution >= 4 is 45.0 Å². The Kier molecular flexibility index (Phi) is 12.8. The Balaban J connectivity index is 0.000000373. The molecule has 0 saturated carbocycles. The van der Waals surface area contributed by atoms with Gasteiger partial charge in [-0.15, -0.1) is 10.2 Å². The number of nitrogens with two attached hydrogens (primary N) is 1. The maximum Gasteiger partial charge on any atom is 0.516 e. The second-order valence-electron chi connectivity index (χ2n) is 10.0. The first-order valence-electron chi connectivity index (χ1n) is 14.8. The highest BCUT2D eigenvalue weighted by molar-refractivity contribution is 7.93. The smallest absolute Gasteiger partial charge is 0.462 e. The summed E-state index contributed by atoms with van der Waals surface area (Å²) in [5.74, 6) is -0.644. The number of nitrogens with one attached hydrogen (secondary N) is 1. The molecule has 260 valence electrons. The maximum absolute atomic E-state index is 13.0. The van der Waals surface area contributed by atoms with E-state index in [1.54, 1.807) is 25.5 Å². The number of anilines is 2. The fraction of sp³-hybridized carbons (Fsp3) is 0.448. The van der Waals surface area contributed by atoms with Crippen molar-refractivity contribution in [1.29, 1.82) is 0 Å². The van der Waals surface area contributed by atoms with Gasteiger partial charge in [-0.05, 0) is 65.2 Å². The normalized spacial score (nSPS) is 13.0. The fourth-order valence-corrected chi connectivity index (χ4v) is 4.99. The van der Waals surface area contributed by atoms with Crippen molar-refractivity contribution in [2.75, 3.05) is 35.9 Å². The van der Waals surface area contributed by atoms with Crippen LogP contribution in [-0.2, 0) is 32.5 Å². The first kappa shape index (κ1) is 37.7. The van der Waals surface area contributed by atoms with Crippen LogP contribution < -0.4 is 15.4 Å². The number of fused-ring (bicyclic) bond motifs is 1. The molecule has 1 aliphatic heterocycles. The number of carbonyl (C=O) groups excluding carboxylic acids is 2. The molecule has 0 fully saturated rings. The number of esters is 2. The Labute approximate surface area is 275 Å². The molecule has 0 aliphatic carbocycles. The number of halogens is 3. The summed E-state index contributed by atoms with van der Waals surface area (Å²) in [6, 6.07) is 2.82. The second kappa shape index (κ2) is 16.4. The second-order valence-corrected chi connectivity index (χ2v) is 11.7. The molecule has 0 amide bonds. The Bertz CT molecular complexity index is 1770. The third-order valence-electron chi connectivity index (χ3n) is 6.76. The predicted octanol–water partition coefficient (Wildman–Crippen LogP) is 4.83. The van der Waals surface area contributed by atoms with Crippen molar-refractivity contribution in [1.82, 2.24) is 19.9 Å². The van der Waals surface area contributed by atoms with Crippen molar-refractivity contribution in [3.8, 4) is 0 Å². The third-order valence-corrected chi connectivity index (χ3v) is 7.86. The van der Waals surface area contributed by atoms with Crippen LogP contribution in [-0.4, -0.2) is 72.1 Å². The van der Waals surface area contributed by atoms with E-state index in [1.807, 2.05) is 11.8 Å². The lowest BCUT2D eigenvalue weighted by molar-refractivity contribution is -0.0429. The van der Waals surface area contributed by atoms with E-state index < -0.39 is 27.5 Å². The summed E-state index contributed by atoms with van der Waals surface area (Å²) >= 11 is 0. The van der Waals surface area contributed by atoms with Crippen LogP contribution in [0.15, 0.2) is 34.8 Å². The summed E-state index contributed by atoms with van der Waals surface area (Å²) in [6.07, 6.45) is 4.11. The van der Waals surface area contributed by atoms with Gasteiger partial charge in [0.2, 0.25) is 0 Å². The molecule has 0 radical (unpaired) electrons. The van der Waals surface area contributed by atoms with E-state index in [-0.39, 0.29) is 41.7 Å². The topological polar surface area (TPSA) is 204 Å². The van der Waals surface area contributed by atoms with Gasteiger partial charge < -0.3 is 20.1 Å². The Morgan fingerprint density at radius 3 is 2.10 bits per heavy atom. The van der Waals surface area contributed by atoms with Gasteiger partial charge in [-0.3, -0.25) is 4.72 Å². The summed E-state index contributed by atoms with van der Waals surface area (Å²) in [5, 5.41) is 7.77. The number of nitrogens with zero attached hydrogens (tertiary/aromatic N) is 7. The molecule has 2 aromatic heterocycles. The van der Waals surface area contributed by atoms with Crippen LogP contribution in [0.1, 0.15) is 70.7 Å². The zero-order valence-electron chi connectivity index (χ0n) is 27.0. The van der Waals surface area contributed by atoms with Gasteiger partial charge in [0.15, 0.2) is 0 Å². The molecule has 3 aromatic rings. The zero-order valence-corrected chi connectivity index (χ0v) is 27.8. The van der Waals surface area contributed by atoms with Gasteiger partial charge in [0.1, 0.15) is 11.5 Å². The van der Waals surface area contributed by atoms with E-state index in [0.717, 1.165) is 12.0 Å². The minimum absolute atomic E-state index is 0.125. The van der Waals surface area contributed by atoms with Gasteiger partial charge in [-0.2, -0.15) is 21.6 Å². The van der Waals surface area contributed by atoms with E-state index >= 15 is 0 Å². The summed E-state index contributed by atoms with van der Waals surface area (Å²) < 4.78 is 73.9. The van der Waals surface area contributed by atoms with Gasteiger partial charge in [0.05, 0.1) is 48.0 Å². The van der Waals surface area contributed by atoms with E-state index in [9.17, 15) is 31.2 Å². The molecule has 48 heavy (non-hydrogen) atoms. The molecule has 0 unspecified atom stereocenters. The minimum atomic E-state index is -5.69. The molecule has 0 atom stereocenters. The van der Waals surface area contributed by atoms with Crippen molar-refractivity contribution in [2.24, 2.45) is 16.0 Å². The molecular weight excluding hydrogens is 659 g/mol. The van der Waals surface area contributed by atoms with E-state index in [4.69, 9.17) is 15.2 Å². The van der Waals surface area contributed by atoms with Crippen LogP contribution in [0.5, 0.6) is 0 Å². The predicted molar refractivity (Wildman–Crippen MR) is 169 cm³/mol. The molecule has 0 spiro atoms. The van der Waals surface area contributed by atoms with Crippen LogP contribution in [0, 0.1) is 13.8 Å². The highest BCUT2D eigenvalue weighted by Crippen LogP contribution is 2.39. The quantitative estimate of drug-likeness (QED) is 0.216. The summed E-state index contributed by atoms with van der Waals surface area (Å²) in [4.78, 5) is 41.1. The number of aromatic nitrogens is 4. The highest BCUT2D eigenvalue weighted by atomic mass is 32.2. The number of hydrogen-bond donors (Lipinski definition) is 2. The lowest BCUT2D eigenvalue weighted by Crippen LogP contribution is -2.31. The lowest BCUT2D eigenvalue weighted by atomic mass is 10.0. The summed E-state index contributed by atoms with van der Waals surface area (Å²) in [6.45, 7) is 10.6. The highest BCUT2D eigenvalue weighted by Gasteiger charge is 2.46. The average Bonchev–Trinajstić information content (AvgIpc) is 3.03. The number of benzene rings is 1. The van der Waals surface area contributed by atoms with Gasteiger partial charge in [0, 0.05) is 31.2 Å². The average molecular weight is 696 g/mol. The number of aryl methyl sites for hydroxylation is 3. The van der Waals surface area contributed by atoms with Crippen LogP contribution in [0.25, 0.3) is 0 Å². The molecule has 0 saturated heterocycles. The number of ether oxygens (including phenoxy) is 2. The third kappa shape index (κ3) is 9.40. The van der Waals surface area contributed by atoms with E-state index in [1.165, 1.54) is 31.5 Å². The van der Waals surface area contributed by atoms with Crippen molar-refractivity contribution in [3.63, 3.8) is 0 Å². The van der Waals surface area contributed by atoms with Crippen molar-refractivity contribution < 1.29 is 40.7 Å². The van der Waals surface area contributed by atoms with Gasteiger partial charge in [0.25, 0.3) is 5.95 Å². The van der Waals surface area contributed by atoms with Gasteiger partial charge >= 0.3 is 27.5 Å². The molecule has 0 bridgehead atoms. The Morgan fingerprint density at radius 2 is 1.58 bits per heavy atom. The number of azo groups is 1. The van der Waals surface area contributed by atoms with Crippen LogP contribution >= 0.6 is 0 Å². The fourth-order valence-electron chi connectivity index (χ4n) is 4.42. The molecule has 4 rings (SSSR count). The largest absolute Gasteiger partial charge is 0.516 e. The Morgan fingerprint density at radius 1 is 0.979 bits per heavy atom. The lowest BCUT2D eigenvalue weighted by Gasteiger charge is -2.31. The standard InChI is InChI=1S/C20H23F3N6O4S.C9H13N3O2/c1-4-29-8-6-7-13-9-15(16(10-17(13)29)28-34(31,32)20(21,22)23)26-27-19-24-11-14(12(3)25-19)18(30)33-5-2;1-3-14-9(13)7-5-11-8(4-10)12-6(7)2/h9-11,28H,4-8H2,1-3H3;5H,3-4,10H2,1-2H3. The molecule has 1 aromatic carbocycles. The molecule has 3 heterocycles. The molecule has 15 nitrogen and oxygen atoms in total. The maximum atomic E-state index is 13.0. The molecule has 3 N–H and O–H groups in total. The monoisotopic (exact) mass is 695 g/mol. The first-order valence-corrected chi connectivity index (χ1v) is 16.3. The number of sulfonamides is 1. The van der Waals surface area contributed by atoms with Gasteiger partial charge in [-0.1, -0.05) is 0 Å². The number of rotatable bonds is 10. The van der Waals surface area contributed by atoms with Crippen LogP contribution in [0.2, 0.25) is 0 Å². The number of carbonyl (C=O) groups is 2. The summed E-state index contributed by atoms with van der Waals surface area (Å²) in [7, 11) is -5.69. The first-order chi connectivity index (χ1) is 22.6. The Hall–Kier alpha value is -4.78. The SMILES string of the molecule is CCOC(=O)c1cnc(CN)nc1C.CCOC(=O)c1cnc(N=Nc2cc3c(cc2NS(=O)(=O)C(F)(F)F)N(CC)CCC3)nc1C. The van der Waals surface area contributed by atoms with Crippen LogP contribution in [0.4, 0.5) is 36.2 Å². The minimum Gasteiger partial charge on any atom is -0.462 e. The van der Waals surface area contributed by atoms with Crippen molar-refractivity contribution in [2.45, 2.75) is 59.5 Å². The van der Waals surface area contributed by atoms with Gasteiger partial charge in [-0.25, -0.2) is 29.5 Å². The number of alkyl halides is 3. The van der Waals surface area contributed by atoms with E-state index in [2.05, 4.69) is 30.2 Å². The van der Waals surface area contributed by atoms with E-state index in [0.29, 0.717) is 48.9 Å². The zero-order chi connectivity index (χ0) is 35.6. The van der Waals surface area contributed by atoms with Crippen LogP contribution in [0.3, 0.4) is 0 Å². The van der Waals surface area contributed by atoms with Crippen molar-refractivity contribution in [3.05, 3.63) is 58.4 Å².